The molecule has 1 saturated heterocycles. The molecule has 1 heterocycles. The lowest BCUT2D eigenvalue weighted by Crippen LogP contribution is -2.54. The highest BCUT2D eigenvalue weighted by molar-refractivity contribution is 6.74. The van der Waals surface area contributed by atoms with E-state index in [0.29, 0.717) is 26.2 Å². The zero-order valence-corrected chi connectivity index (χ0v) is 17.5. The molecule has 1 aromatic rings. The lowest BCUT2D eigenvalue weighted by Gasteiger charge is -2.43. The van der Waals surface area contributed by atoms with Gasteiger partial charge in [0.25, 0.3) is 0 Å². The predicted molar refractivity (Wildman–Crippen MR) is 103 cm³/mol. The number of ether oxygens (including phenoxy) is 2. The number of rotatable bonds is 6. The normalized spacial score (nSPS) is 28.1. The fourth-order valence-electron chi connectivity index (χ4n) is 2.68. The zero-order valence-electron chi connectivity index (χ0n) is 16.5. The average molecular weight is 367 g/mol. The average Bonchev–Trinajstić information content (AvgIpc) is 2.51. The van der Waals surface area contributed by atoms with Crippen molar-refractivity contribution in [3.63, 3.8) is 0 Å². The minimum absolute atomic E-state index is 0.0978. The molecule has 1 aromatic carbocycles. The fourth-order valence-corrected chi connectivity index (χ4v) is 3.68. The van der Waals surface area contributed by atoms with Crippen LogP contribution in [0.1, 0.15) is 39.7 Å². The van der Waals surface area contributed by atoms with Crippen LogP contribution in [0.5, 0.6) is 0 Å². The molecule has 0 radical (unpaired) electrons. The Balaban J connectivity index is 1.85. The highest BCUT2D eigenvalue weighted by Crippen LogP contribution is 2.37. The van der Waals surface area contributed by atoms with Crippen LogP contribution in [0.4, 0.5) is 0 Å². The summed E-state index contributed by atoms with van der Waals surface area (Å²) in [7, 11) is -1.85. The van der Waals surface area contributed by atoms with E-state index in [1.165, 1.54) is 0 Å². The first-order chi connectivity index (χ1) is 11.5. The van der Waals surface area contributed by atoms with Gasteiger partial charge in [0.1, 0.15) is 6.10 Å². The lowest BCUT2D eigenvalue weighted by molar-refractivity contribution is -0.195. The van der Waals surface area contributed by atoms with Crippen LogP contribution in [0.2, 0.25) is 18.1 Å². The largest absolute Gasteiger partial charge is 0.414 e. The Labute approximate surface area is 153 Å². The molecule has 1 aliphatic rings. The molecule has 1 fully saturated rings. The summed E-state index contributed by atoms with van der Waals surface area (Å²) >= 11 is 0. The van der Waals surface area contributed by atoms with Crippen molar-refractivity contribution in [3.05, 3.63) is 35.9 Å². The molecule has 3 atom stereocenters. The third-order valence-electron chi connectivity index (χ3n) is 5.55. The van der Waals surface area contributed by atoms with Gasteiger partial charge in [0.2, 0.25) is 0 Å². The van der Waals surface area contributed by atoms with Gasteiger partial charge in [0.15, 0.2) is 8.32 Å². The van der Waals surface area contributed by atoms with Gasteiger partial charge in [-0.1, -0.05) is 51.1 Å². The molecule has 5 heteroatoms. The molecule has 0 bridgehead atoms. The highest BCUT2D eigenvalue weighted by Gasteiger charge is 2.43. The maximum absolute atomic E-state index is 10.8. The standard InChI is InChI=1S/C20H34O4Si/c1-19(2,3)25(5,6)24-15-18-20(4,21)12-17(14-23-18)22-13-16-10-8-7-9-11-16/h7-11,17-18,21H,12-15H2,1-6H3/t17-,18+,20-/m0/s1. The quantitative estimate of drug-likeness (QED) is 0.769. The maximum Gasteiger partial charge on any atom is 0.192 e. The summed E-state index contributed by atoms with van der Waals surface area (Å²) < 4.78 is 18.1. The van der Waals surface area contributed by atoms with Crippen LogP contribution < -0.4 is 0 Å². The van der Waals surface area contributed by atoms with Gasteiger partial charge in [0, 0.05) is 6.42 Å². The lowest BCUT2D eigenvalue weighted by atomic mass is 9.90. The Morgan fingerprint density at radius 1 is 1.24 bits per heavy atom. The topological polar surface area (TPSA) is 47.9 Å². The van der Waals surface area contributed by atoms with Gasteiger partial charge in [-0.2, -0.15) is 0 Å². The summed E-state index contributed by atoms with van der Waals surface area (Å²) in [5.74, 6) is 0. The van der Waals surface area contributed by atoms with Gasteiger partial charge < -0.3 is 19.0 Å². The molecule has 142 valence electrons. The van der Waals surface area contributed by atoms with Crippen LogP contribution in [-0.4, -0.2) is 44.4 Å². The Hall–Kier alpha value is -0.723. The first-order valence-electron chi connectivity index (χ1n) is 9.15. The van der Waals surface area contributed by atoms with Gasteiger partial charge in [0.05, 0.1) is 31.5 Å². The van der Waals surface area contributed by atoms with Crippen LogP contribution in [0, 0.1) is 0 Å². The van der Waals surface area contributed by atoms with Gasteiger partial charge in [-0.05, 0) is 30.6 Å². The third-order valence-corrected chi connectivity index (χ3v) is 10.0. The molecule has 1 aliphatic heterocycles. The summed E-state index contributed by atoms with van der Waals surface area (Å²) in [6, 6.07) is 10.1. The number of benzene rings is 1. The summed E-state index contributed by atoms with van der Waals surface area (Å²) in [5.41, 5.74) is 0.188. The molecule has 0 aromatic heterocycles. The van der Waals surface area contributed by atoms with E-state index in [2.05, 4.69) is 33.9 Å². The van der Waals surface area contributed by atoms with Crippen molar-refractivity contribution >= 4 is 8.32 Å². The molecule has 1 N–H and O–H groups in total. The van der Waals surface area contributed by atoms with Crippen molar-refractivity contribution in [2.75, 3.05) is 13.2 Å². The van der Waals surface area contributed by atoms with E-state index >= 15 is 0 Å². The van der Waals surface area contributed by atoms with Crippen molar-refractivity contribution in [2.24, 2.45) is 0 Å². The Morgan fingerprint density at radius 2 is 1.88 bits per heavy atom. The smallest absolute Gasteiger partial charge is 0.192 e. The predicted octanol–water partition coefficient (Wildman–Crippen LogP) is 4.13. The van der Waals surface area contributed by atoms with E-state index in [4.69, 9.17) is 13.9 Å². The van der Waals surface area contributed by atoms with E-state index in [1.807, 2.05) is 37.3 Å². The van der Waals surface area contributed by atoms with E-state index < -0.39 is 13.9 Å². The second kappa shape index (κ2) is 7.88. The van der Waals surface area contributed by atoms with Crippen LogP contribution >= 0.6 is 0 Å². The summed E-state index contributed by atoms with van der Waals surface area (Å²) in [4.78, 5) is 0. The molecule has 2 rings (SSSR count). The van der Waals surface area contributed by atoms with Gasteiger partial charge in [-0.15, -0.1) is 0 Å². The van der Waals surface area contributed by atoms with Crippen LogP contribution in [0.25, 0.3) is 0 Å². The first-order valence-corrected chi connectivity index (χ1v) is 12.1. The molecule has 0 amide bonds. The molecular weight excluding hydrogens is 332 g/mol. The van der Waals surface area contributed by atoms with Crippen LogP contribution in [0.3, 0.4) is 0 Å². The summed E-state index contributed by atoms with van der Waals surface area (Å²) in [5, 5.41) is 11.0. The third kappa shape index (κ3) is 5.63. The monoisotopic (exact) mass is 366 g/mol. The van der Waals surface area contributed by atoms with E-state index in [1.54, 1.807) is 0 Å². The van der Waals surface area contributed by atoms with E-state index in [9.17, 15) is 5.11 Å². The zero-order chi connectivity index (χ0) is 18.7. The Bertz CT molecular complexity index is 536. The van der Waals surface area contributed by atoms with Crippen molar-refractivity contribution in [2.45, 2.75) is 76.7 Å². The van der Waals surface area contributed by atoms with Crippen molar-refractivity contribution in [3.8, 4) is 0 Å². The van der Waals surface area contributed by atoms with Crippen molar-refractivity contribution < 1.29 is 19.0 Å². The van der Waals surface area contributed by atoms with Crippen LogP contribution in [0.15, 0.2) is 30.3 Å². The van der Waals surface area contributed by atoms with Gasteiger partial charge in [-0.25, -0.2) is 0 Å². The number of aliphatic hydroxyl groups is 1. The molecule has 0 aliphatic carbocycles. The van der Waals surface area contributed by atoms with Gasteiger partial charge in [-0.3, -0.25) is 0 Å². The summed E-state index contributed by atoms with van der Waals surface area (Å²) in [6.45, 7) is 14.4. The van der Waals surface area contributed by atoms with Crippen molar-refractivity contribution in [1.82, 2.24) is 0 Å². The Morgan fingerprint density at radius 3 is 2.44 bits per heavy atom. The second-order valence-corrected chi connectivity index (χ2v) is 13.7. The molecular formula is C20H34O4Si. The molecule has 4 nitrogen and oxygen atoms in total. The Kier molecular flexibility index (Phi) is 6.49. The second-order valence-electron chi connectivity index (χ2n) is 8.87. The van der Waals surface area contributed by atoms with Crippen LogP contribution in [-0.2, 0) is 20.5 Å². The first kappa shape index (κ1) is 20.6. The van der Waals surface area contributed by atoms with E-state index in [0.717, 1.165) is 5.56 Å². The molecule has 0 unspecified atom stereocenters. The highest BCUT2D eigenvalue weighted by atomic mass is 28.4. The molecule has 0 saturated carbocycles. The minimum Gasteiger partial charge on any atom is -0.414 e. The fraction of sp³-hybridized carbons (Fsp3) is 0.700. The minimum atomic E-state index is -1.85. The van der Waals surface area contributed by atoms with E-state index in [-0.39, 0.29) is 17.2 Å². The SMILES string of the molecule is CC(C)(C)[Si](C)(C)OC[C@H]1OC[C@@H](OCc2ccccc2)C[C@]1(C)O. The maximum atomic E-state index is 10.8. The molecule has 0 spiro atoms. The summed E-state index contributed by atoms with van der Waals surface area (Å²) in [6.07, 6.45) is 0.156. The molecule has 25 heavy (non-hydrogen) atoms. The van der Waals surface area contributed by atoms with Crippen molar-refractivity contribution in [1.29, 1.82) is 0 Å². The van der Waals surface area contributed by atoms with Gasteiger partial charge >= 0.3 is 0 Å². The number of hydrogen-bond donors (Lipinski definition) is 1. The number of hydrogen-bond acceptors (Lipinski definition) is 4.